The molecule has 2 rings (SSSR count). The molecule has 0 saturated carbocycles. The van der Waals surface area contributed by atoms with Gasteiger partial charge in [0.15, 0.2) is 0 Å². The lowest BCUT2D eigenvalue weighted by Crippen LogP contribution is -2.40. The van der Waals surface area contributed by atoms with Crippen LogP contribution in [0, 0.1) is 0 Å². The molecule has 1 aromatic heterocycles. The van der Waals surface area contributed by atoms with Crippen molar-refractivity contribution in [2.75, 3.05) is 26.7 Å². The summed E-state index contributed by atoms with van der Waals surface area (Å²) in [4.78, 5) is 1.05. The highest BCUT2D eigenvalue weighted by atomic mass is 32.2. The monoisotopic (exact) mass is 318 g/mol. The molecule has 0 spiro atoms. The van der Waals surface area contributed by atoms with Gasteiger partial charge in [-0.1, -0.05) is 6.92 Å². The summed E-state index contributed by atoms with van der Waals surface area (Å²) < 4.78 is 32.4. The predicted molar refractivity (Wildman–Crippen MR) is 80.5 cm³/mol. The average molecular weight is 318 g/mol. The summed E-state index contributed by atoms with van der Waals surface area (Å²) in [6.45, 7) is 4.72. The Hall–Kier alpha value is -0.470. The lowest BCUT2D eigenvalue weighted by molar-refractivity contribution is 0.0605. The molecule has 0 aromatic carbocycles. The van der Waals surface area contributed by atoms with E-state index in [0.29, 0.717) is 17.3 Å². The van der Waals surface area contributed by atoms with Gasteiger partial charge < -0.3 is 10.1 Å². The Morgan fingerprint density at radius 3 is 2.70 bits per heavy atom. The van der Waals surface area contributed by atoms with Crippen LogP contribution in [0.25, 0.3) is 0 Å². The Morgan fingerprint density at radius 2 is 2.10 bits per heavy atom. The molecule has 1 aromatic rings. The van der Waals surface area contributed by atoms with Crippen LogP contribution < -0.4 is 5.32 Å². The molecular weight excluding hydrogens is 296 g/mol. The van der Waals surface area contributed by atoms with Gasteiger partial charge in [0.25, 0.3) is 10.0 Å². The summed E-state index contributed by atoms with van der Waals surface area (Å²) in [7, 11) is -1.65. The van der Waals surface area contributed by atoms with Gasteiger partial charge in [-0.15, -0.1) is 11.3 Å². The largest absolute Gasteiger partial charge is 0.381 e. The van der Waals surface area contributed by atoms with Gasteiger partial charge >= 0.3 is 0 Å². The highest BCUT2D eigenvalue weighted by Crippen LogP contribution is 2.27. The minimum Gasteiger partial charge on any atom is -0.381 e. The minimum atomic E-state index is -3.33. The first-order valence-electron chi connectivity index (χ1n) is 6.90. The van der Waals surface area contributed by atoms with E-state index in [2.05, 4.69) is 5.32 Å². The molecule has 7 heteroatoms. The molecule has 0 unspecified atom stereocenters. The Balaban J connectivity index is 2.04. The molecule has 2 heterocycles. The summed E-state index contributed by atoms with van der Waals surface area (Å²) in [5.41, 5.74) is 0. The third-order valence-corrected chi connectivity index (χ3v) is 6.97. The lowest BCUT2D eigenvalue weighted by Gasteiger charge is -2.29. The summed E-state index contributed by atoms with van der Waals surface area (Å²) >= 11 is 1.36. The molecule has 20 heavy (non-hydrogen) atoms. The molecule has 0 bridgehead atoms. The molecule has 1 aliphatic heterocycles. The van der Waals surface area contributed by atoms with Crippen molar-refractivity contribution in [2.45, 2.75) is 36.6 Å². The normalized spacial score (nSPS) is 18.5. The smallest absolute Gasteiger partial charge is 0.252 e. The Morgan fingerprint density at radius 1 is 1.40 bits per heavy atom. The van der Waals surface area contributed by atoms with E-state index >= 15 is 0 Å². The number of nitrogens with one attached hydrogen (secondary N) is 1. The van der Waals surface area contributed by atoms with E-state index in [1.54, 1.807) is 17.5 Å². The molecule has 0 aliphatic carbocycles. The molecule has 1 N–H and O–H groups in total. The number of hydrogen-bond donors (Lipinski definition) is 1. The molecule has 0 amide bonds. The van der Waals surface area contributed by atoms with Crippen molar-refractivity contribution in [1.29, 1.82) is 0 Å². The molecule has 0 radical (unpaired) electrons. The predicted octanol–water partition coefficient (Wildman–Crippen LogP) is 1.66. The van der Waals surface area contributed by atoms with Gasteiger partial charge in [0.2, 0.25) is 0 Å². The Bertz CT molecular complexity index is 519. The fraction of sp³-hybridized carbons (Fsp3) is 0.692. The Labute approximate surface area is 125 Å². The zero-order valence-electron chi connectivity index (χ0n) is 12.0. The molecule has 5 nitrogen and oxygen atoms in total. The SMILES string of the molecule is CCNCc1ccc(S(=O)(=O)N2CCC(OC)CC2)s1. The minimum absolute atomic E-state index is 0.189. The second kappa shape index (κ2) is 7.00. The topological polar surface area (TPSA) is 58.6 Å². The van der Waals surface area contributed by atoms with Crippen molar-refractivity contribution >= 4 is 21.4 Å². The maximum absolute atomic E-state index is 12.5. The van der Waals surface area contributed by atoms with Crippen LogP contribution in [0.3, 0.4) is 0 Å². The van der Waals surface area contributed by atoms with Crippen LogP contribution in [0.5, 0.6) is 0 Å². The van der Waals surface area contributed by atoms with Crippen LogP contribution in [-0.4, -0.2) is 45.6 Å². The molecule has 1 saturated heterocycles. The number of rotatable bonds is 6. The van der Waals surface area contributed by atoms with E-state index in [1.807, 2.05) is 13.0 Å². The molecule has 1 aliphatic rings. The zero-order valence-corrected chi connectivity index (χ0v) is 13.6. The second-order valence-corrected chi connectivity index (χ2v) is 8.17. The molecule has 114 valence electrons. The standard InChI is InChI=1S/C13H22N2O3S2/c1-3-14-10-12-4-5-13(19-12)20(16,17)15-8-6-11(18-2)7-9-15/h4-5,11,14H,3,6-10H2,1-2H3. The number of hydrogen-bond acceptors (Lipinski definition) is 5. The number of piperidine rings is 1. The van der Waals surface area contributed by atoms with Crippen molar-refractivity contribution < 1.29 is 13.2 Å². The number of methoxy groups -OCH3 is 1. The number of sulfonamides is 1. The first kappa shape index (κ1) is 15.9. The van der Waals surface area contributed by atoms with Gasteiger partial charge in [-0.25, -0.2) is 8.42 Å². The first-order chi connectivity index (χ1) is 9.57. The van der Waals surface area contributed by atoms with Gasteiger partial charge in [0, 0.05) is 31.6 Å². The maximum Gasteiger partial charge on any atom is 0.252 e. The molecule has 1 fully saturated rings. The summed E-state index contributed by atoms with van der Waals surface area (Å²) in [6, 6.07) is 3.61. The lowest BCUT2D eigenvalue weighted by atomic mass is 10.1. The molecule has 0 atom stereocenters. The highest BCUT2D eigenvalue weighted by molar-refractivity contribution is 7.91. The third-order valence-electron chi connectivity index (χ3n) is 3.51. The van der Waals surface area contributed by atoms with Crippen molar-refractivity contribution in [2.24, 2.45) is 0 Å². The number of ether oxygens (including phenoxy) is 1. The Kier molecular flexibility index (Phi) is 5.57. The number of nitrogens with zero attached hydrogens (tertiary/aromatic N) is 1. The highest BCUT2D eigenvalue weighted by Gasteiger charge is 2.30. The van der Waals surface area contributed by atoms with E-state index in [4.69, 9.17) is 4.74 Å². The van der Waals surface area contributed by atoms with Crippen LogP contribution in [0.4, 0.5) is 0 Å². The van der Waals surface area contributed by atoms with Crippen molar-refractivity contribution in [3.05, 3.63) is 17.0 Å². The van der Waals surface area contributed by atoms with Gasteiger partial charge in [-0.3, -0.25) is 0 Å². The van der Waals surface area contributed by atoms with E-state index in [-0.39, 0.29) is 6.10 Å². The summed E-state index contributed by atoms with van der Waals surface area (Å²) in [5, 5.41) is 3.21. The van der Waals surface area contributed by atoms with Crippen LogP contribution in [0.15, 0.2) is 16.3 Å². The van der Waals surface area contributed by atoms with Gasteiger partial charge in [-0.2, -0.15) is 4.31 Å². The van der Waals surface area contributed by atoms with Crippen LogP contribution >= 0.6 is 11.3 Å². The quantitative estimate of drug-likeness (QED) is 0.866. The van der Waals surface area contributed by atoms with Crippen LogP contribution in [0.2, 0.25) is 0 Å². The van der Waals surface area contributed by atoms with Crippen molar-refractivity contribution in [3.63, 3.8) is 0 Å². The van der Waals surface area contributed by atoms with E-state index in [1.165, 1.54) is 11.3 Å². The van der Waals surface area contributed by atoms with E-state index in [9.17, 15) is 8.42 Å². The van der Waals surface area contributed by atoms with Crippen molar-refractivity contribution in [1.82, 2.24) is 9.62 Å². The van der Waals surface area contributed by atoms with Crippen molar-refractivity contribution in [3.8, 4) is 0 Å². The summed E-state index contributed by atoms with van der Waals surface area (Å²) in [5.74, 6) is 0. The molecular formula is C13H22N2O3S2. The van der Waals surface area contributed by atoms with Gasteiger partial charge in [0.05, 0.1) is 6.10 Å². The van der Waals surface area contributed by atoms with Gasteiger partial charge in [-0.05, 0) is 31.5 Å². The number of thiophene rings is 1. The van der Waals surface area contributed by atoms with Crippen LogP contribution in [0.1, 0.15) is 24.6 Å². The maximum atomic E-state index is 12.5. The second-order valence-electron chi connectivity index (χ2n) is 4.84. The third kappa shape index (κ3) is 3.59. The summed E-state index contributed by atoms with van der Waals surface area (Å²) in [6.07, 6.45) is 1.73. The average Bonchev–Trinajstić information content (AvgIpc) is 2.94. The zero-order chi connectivity index (χ0) is 14.6. The van der Waals surface area contributed by atoms with Crippen LogP contribution in [-0.2, 0) is 21.3 Å². The first-order valence-corrected chi connectivity index (χ1v) is 9.16. The fourth-order valence-electron chi connectivity index (χ4n) is 2.28. The van der Waals surface area contributed by atoms with E-state index < -0.39 is 10.0 Å². The van der Waals surface area contributed by atoms with E-state index in [0.717, 1.165) is 30.8 Å². The fourth-order valence-corrected chi connectivity index (χ4v) is 5.22. The van der Waals surface area contributed by atoms with Gasteiger partial charge in [0.1, 0.15) is 4.21 Å².